The second kappa shape index (κ2) is 16.9. The van der Waals surface area contributed by atoms with Crippen molar-refractivity contribution in [2.75, 3.05) is 36.7 Å². The van der Waals surface area contributed by atoms with Gasteiger partial charge in [0.05, 0.1) is 17.9 Å². The van der Waals surface area contributed by atoms with Crippen LogP contribution >= 0.6 is 10.3 Å². The first-order valence-electron chi connectivity index (χ1n) is 13.6. The first-order chi connectivity index (χ1) is 20.2. The van der Waals surface area contributed by atoms with Crippen LogP contribution in [0.1, 0.15) is 45.1 Å². The number of anilines is 1. The summed E-state index contributed by atoms with van der Waals surface area (Å²) in [4.78, 5) is 47.8. The highest BCUT2D eigenvalue weighted by molar-refractivity contribution is 8.32. The molecule has 0 fully saturated rings. The zero-order chi connectivity index (χ0) is 32.0. The number of hydrogen-bond acceptors (Lipinski definition) is 10. The second-order valence-electron chi connectivity index (χ2n) is 10.1. The van der Waals surface area contributed by atoms with E-state index in [0.717, 1.165) is 5.56 Å². The molecule has 0 aromatic heterocycles. The summed E-state index contributed by atoms with van der Waals surface area (Å²) < 4.78 is 46.8. The molecule has 0 spiro atoms. The van der Waals surface area contributed by atoms with Gasteiger partial charge in [-0.15, -0.1) is 10.3 Å². The van der Waals surface area contributed by atoms with Gasteiger partial charge in [-0.1, -0.05) is 30.7 Å². The predicted octanol–water partition coefficient (Wildman–Crippen LogP) is 4.46. The first-order valence-corrected chi connectivity index (χ1v) is 17.5. The number of Topliss-reactive ketones (excluding diaryl/α,β-unsaturated/α-hetero) is 1. The number of hydrogen-bond donors (Lipinski definition) is 2. The SMILES string of the molecule is CCCNC(=O)OC(CCOc1cccc(NC(=O)CCS(C)(C)OS(=O)(=O)c2ccc(C)cc2)c1)OC(=O)CC(C)=O. The molecule has 1 atom stereocenters. The third kappa shape index (κ3) is 13.9. The van der Waals surface area contributed by atoms with E-state index in [4.69, 9.17) is 17.8 Å². The predicted molar refractivity (Wildman–Crippen MR) is 164 cm³/mol. The molecule has 0 aliphatic heterocycles. The molecule has 14 heteroatoms. The molecule has 1 unspecified atom stereocenters. The fraction of sp³-hybridized carbons (Fsp3) is 0.448. The number of aryl methyl sites for hydroxylation is 1. The van der Waals surface area contributed by atoms with E-state index in [1.807, 2.05) is 13.8 Å². The summed E-state index contributed by atoms with van der Waals surface area (Å²) in [5.41, 5.74) is 1.37. The van der Waals surface area contributed by atoms with Gasteiger partial charge in [-0.2, -0.15) is 8.42 Å². The number of amides is 2. The van der Waals surface area contributed by atoms with Gasteiger partial charge in [-0.05, 0) is 57.0 Å². The zero-order valence-electron chi connectivity index (χ0n) is 25.0. The second-order valence-corrected chi connectivity index (χ2v) is 15.3. The average molecular weight is 641 g/mol. The first kappa shape index (κ1) is 35.6. The largest absolute Gasteiger partial charge is 0.493 e. The lowest BCUT2D eigenvalue weighted by atomic mass is 10.2. The van der Waals surface area contributed by atoms with Crippen LogP contribution in [0.5, 0.6) is 5.75 Å². The lowest BCUT2D eigenvalue weighted by Crippen LogP contribution is -2.33. The summed E-state index contributed by atoms with van der Waals surface area (Å²) in [6.07, 6.45) is 1.58. The Balaban J connectivity index is 1.90. The minimum Gasteiger partial charge on any atom is -0.493 e. The summed E-state index contributed by atoms with van der Waals surface area (Å²) in [7, 11) is -6.08. The fourth-order valence-electron chi connectivity index (χ4n) is 3.44. The number of benzene rings is 2. The van der Waals surface area contributed by atoms with E-state index in [9.17, 15) is 27.6 Å². The molecule has 2 aromatic carbocycles. The monoisotopic (exact) mass is 640 g/mol. The summed E-state index contributed by atoms with van der Waals surface area (Å²) in [5, 5.41) is 5.27. The van der Waals surface area contributed by atoms with E-state index in [0.29, 0.717) is 24.4 Å². The Morgan fingerprint density at radius 3 is 2.33 bits per heavy atom. The zero-order valence-corrected chi connectivity index (χ0v) is 26.7. The number of carbonyl (C=O) groups excluding carboxylic acids is 4. The van der Waals surface area contributed by atoms with E-state index < -0.39 is 45.2 Å². The lowest BCUT2D eigenvalue weighted by molar-refractivity contribution is -0.170. The van der Waals surface area contributed by atoms with Gasteiger partial charge in [0, 0.05) is 30.5 Å². The summed E-state index contributed by atoms with van der Waals surface area (Å²) in [6, 6.07) is 12.9. The van der Waals surface area contributed by atoms with Crippen LogP contribution in [-0.2, 0) is 37.6 Å². The van der Waals surface area contributed by atoms with Crippen LogP contribution in [0, 0.1) is 6.92 Å². The Morgan fingerprint density at radius 2 is 1.67 bits per heavy atom. The average Bonchev–Trinajstić information content (AvgIpc) is 2.90. The Morgan fingerprint density at radius 1 is 0.977 bits per heavy atom. The Hall–Kier alpha value is -3.62. The molecular weight excluding hydrogens is 600 g/mol. The van der Waals surface area contributed by atoms with E-state index in [2.05, 4.69) is 10.6 Å². The molecule has 0 bridgehead atoms. The molecule has 2 aromatic rings. The van der Waals surface area contributed by atoms with Crippen molar-refractivity contribution in [2.24, 2.45) is 0 Å². The molecule has 12 nitrogen and oxygen atoms in total. The number of alkyl carbamates (subject to hydrolysis) is 1. The molecule has 0 saturated carbocycles. The lowest BCUT2D eigenvalue weighted by Gasteiger charge is -2.29. The molecule has 0 saturated heterocycles. The van der Waals surface area contributed by atoms with Crippen LogP contribution in [0.4, 0.5) is 10.5 Å². The topological polar surface area (TPSA) is 163 Å². The minimum atomic E-state index is -3.97. The van der Waals surface area contributed by atoms with Crippen molar-refractivity contribution >= 4 is 49.9 Å². The van der Waals surface area contributed by atoms with Crippen molar-refractivity contribution in [1.82, 2.24) is 5.32 Å². The van der Waals surface area contributed by atoms with Crippen LogP contribution in [0.25, 0.3) is 0 Å². The van der Waals surface area contributed by atoms with Gasteiger partial charge >= 0.3 is 22.2 Å². The standard InChI is InChI=1S/C29H40N2O10S2/c1-6-16-30-29(35)40-28(39-27(34)19-22(3)32)14-17-38-24-9-7-8-23(20-24)31-26(33)15-18-42(4,5)41-43(36,37)25-12-10-21(2)11-13-25/h7-13,20,28H,6,14-19H2,1-5H3,(H,30,35)(H,31,33). The maximum Gasteiger partial charge on any atom is 0.410 e. The fourth-order valence-corrected chi connectivity index (χ4v) is 7.11. The molecule has 238 valence electrons. The Bertz CT molecular complexity index is 1360. The van der Waals surface area contributed by atoms with Gasteiger partial charge < -0.3 is 24.8 Å². The third-order valence-electron chi connectivity index (χ3n) is 5.56. The van der Waals surface area contributed by atoms with Crippen molar-refractivity contribution < 1.29 is 45.4 Å². The molecular formula is C29H40N2O10S2. The summed E-state index contributed by atoms with van der Waals surface area (Å²) in [5.74, 6) is -0.943. The minimum absolute atomic E-state index is 0.0108. The third-order valence-corrected chi connectivity index (χ3v) is 9.79. The number of carbonyl (C=O) groups is 4. The van der Waals surface area contributed by atoms with Gasteiger partial charge in [0.25, 0.3) is 6.29 Å². The van der Waals surface area contributed by atoms with E-state index in [1.54, 1.807) is 48.9 Å². The molecule has 0 radical (unpaired) electrons. The Kier molecular flexibility index (Phi) is 14.0. The molecule has 2 rings (SSSR count). The van der Waals surface area contributed by atoms with E-state index in [-0.39, 0.29) is 41.8 Å². The summed E-state index contributed by atoms with van der Waals surface area (Å²) in [6.45, 7) is 5.33. The molecule has 43 heavy (non-hydrogen) atoms. The highest BCUT2D eigenvalue weighted by Crippen LogP contribution is 2.45. The number of ether oxygens (including phenoxy) is 3. The van der Waals surface area contributed by atoms with Crippen LogP contribution in [0.15, 0.2) is 53.4 Å². The van der Waals surface area contributed by atoms with Gasteiger partial charge in [-0.3, -0.25) is 14.4 Å². The quantitative estimate of drug-likeness (QED) is 0.143. The molecule has 0 aliphatic rings. The number of rotatable bonds is 17. The van der Waals surface area contributed by atoms with Crippen molar-refractivity contribution in [3.05, 3.63) is 54.1 Å². The molecule has 0 heterocycles. The van der Waals surface area contributed by atoms with E-state index >= 15 is 0 Å². The van der Waals surface area contributed by atoms with Gasteiger partial charge in [0.15, 0.2) is 0 Å². The highest BCUT2D eigenvalue weighted by Gasteiger charge is 2.25. The smallest absolute Gasteiger partial charge is 0.410 e. The highest BCUT2D eigenvalue weighted by atomic mass is 32.3. The maximum atomic E-state index is 12.7. The van der Waals surface area contributed by atoms with Crippen molar-refractivity contribution in [2.45, 2.75) is 57.6 Å². The number of nitrogens with one attached hydrogen (secondary N) is 2. The molecule has 2 amide bonds. The van der Waals surface area contributed by atoms with Crippen LogP contribution < -0.4 is 15.4 Å². The molecule has 0 aliphatic carbocycles. The van der Waals surface area contributed by atoms with Gasteiger partial charge in [0.2, 0.25) is 5.91 Å². The number of ketones is 1. The van der Waals surface area contributed by atoms with Gasteiger partial charge in [0.1, 0.15) is 18.0 Å². The Labute approximate surface area is 254 Å². The van der Waals surface area contributed by atoms with Crippen molar-refractivity contribution in [3.8, 4) is 5.75 Å². The number of esters is 1. The normalized spacial score (nSPS) is 12.5. The van der Waals surface area contributed by atoms with Crippen molar-refractivity contribution in [3.63, 3.8) is 0 Å². The van der Waals surface area contributed by atoms with Crippen LogP contribution in [-0.4, -0.2) is 69.9 Å². The maximum absolute atomic E-state index is 12.7. The molecule has 2 N–H and O–H groups in total. The van der Waals surface area contributed by atoms with E-state index in [1.165, 1.54) is 19.1 Å². The van der Waals surface area contributed by atoms with Crippen molar-refractivity contribution in [1.29, 1.82) is 0 Å². The summed E-state index contributed by atoms with van der Waals surface area (Å²) >= 11 is 0. The van der Waals surface area contributed by atoms with Crippen LogP contribution in [0.3, 0.4) is 0 Å². The van der Waals surface area contributed by atoms with Gasteiger partial charge in [-0.25, -0.2) is 8.42 Å². The van der Waals surface area contributed by atoms with Crippen LogP contribution in [0.2, 0.25) is 0 Å².